The van der Waals surface area contributed by atoms with Crippen LogP contribution in [0.5, 0.6) is 0 Å². The first kappa shape index (κ1) is 65.3. The molecule has 95 heavy (non-hydrogen) atoms. The number of carbonyl (C=O) groups excluding carboxylic acids is 8. The van der Waals surface area contributed by atoms with E-state index in [1.54, 1.807) is 121 Å². The third-order valence-corrected chi connectivity index (χ3v) is 21.2. The minimum Gasteiger partial charge on any atom is -0.266 e. The zero-order valence-corrected chi connectivity index (χ0v) is 53.7. The zero-order chi connectivity index (χ0) is 67.6. The van der Waals surface area contributed by atoms with Crippen molar-refractivity contribution in [1.82, 2.24) is 20.3 Å². The van der Waals surface area contributed by atoms with Gasteiger partial charge < -0.3 is 0 Å². The van der Waals surface area contributed by atoms with E-state index in [0.717, 1.165) is 52.6 Å². The summed E-state index contributed by atoms with van der Waals surface area (Å²) < 4.78 is 116. The van der Waals surface area contributed by atoms with Crippen LogP contribution in [0.2, 0.25) is 0 Å². The maximum absolute atomic E-state index is 12.8. The van der Waals surface area contributed by atoms with E-state index in [1.807, 2.05) is 26.0 Å². The molecule has 2 saturated carbocycles. The monoisotopic (exact) mass is 1360 g/mol. The van der Waals surface area contributed by atoms with Gasteiger partial charge in [-0.25, -0.2) is 0 Å². The van der Waals surface area contributed by atoms with Crippen LogP contribution >= 0.6 is 0 Å². The van der Waals surface area contributed by atoms with Gasteiger partial charge in [0.05, 0.1) is 66.7 Å². The molecule has 2 bridgehead atoms. The molecule has 8 amide bonds. The van der Waals surface area contributed by atoms with Crippen molar-refractivity contribution >= 4 is 131 Å². The highest BCUT2D eigenvalue weighted by Gasteiger charge is 2.50. The SMILES string of the molecule is CCCCS(=O)(=O)ON1C(=O)c2cccc3cccc(c23)C1=O.CS(=O)(=O)ON1C(=O)c2cccc3cccc(c23)C1=O.Cc1ccc(S(=O)(=O)ON2C(=O)c3cccc4cccc(c34)C2=O)cc1.O=C1c2cccc3cccc(c23)C(=O)N1OS(=O)(=O)C1CC2CCC1C2. The molecular weight excluding hydrogens is 1310 g/mol. The van der Waals surface area contributed by atoms with Crippen LogP contribution in [0.15, 0.2) is 175 Å². The van der Waals surface area contributed by atoms with Gasteiger partial charge in [-0.3, -0.25) is 38.4 Å². The average molecular weight is 1360 g/mol. The summed E-state index contributed by atoms with van der Waals surface area (Å²) in [6.07, 6.45) is 5.17. The van der Waals surface area contributed by atoms with E-state index in [0.29, 0.717) is 61.9 Å². The van der Waals surface area contributed by atoms with E-state index in [4.69, 9.17) is 12.9 Å². The van der Waals surface area contributed by atoms with Crippen molar-refractivity contribution in [3.63, 3.8) is 0 Å². The molecule has 3 unspecified atom stereocenters. The predicted molar refractivity (Wildman–Crippen MR) is 342 cm³/mol. The number of carbonyl (C=O) groups is 8. The van der Waals surface area contributed by atoms with E-state index >= 15 is 0 Å². The molecule has 9 aromatic rings. The van der Waals surface area contributed by atoms with Crippen molar-refractivity contribution in [3.05, 3.63) is 220 Å². The number of amides is 8. The lowest BCUT2D eigenvalue weighted by atomic mass is 9.95. The molecule has 0 aromatic heterocycles. The highest BCUT2D eigenvalue weighted by molar-refractivity contribution is 7.87. The van der Waals surface area contributed by atoms with Gasteiger partial charge in [-0.15, -0.1) is 37.4 Å². The third-order valence-electron chi connectivity index (χ3n) is 16.8. The molecule has 0 radical (unpaired) electrons. The van der Waals surface area contributed by atoms with Crippen LogP contribution in [0.4, 0.5) is 0 Å². The highest BCUT2D eigenvalue weighted by atomic mass is 32.2. The lowest BCUT2D eigenvalue weighted by molar-refractivity contribution is -0.0168. The smallest absolute Gasteiger partial charge is 0.266 e. The second-order valence-electron chi connectivity index (χ2n) is 23.0. The quantitative estimate of drug-likeness (QED) is 0.0969. The summed E-state index contributed by atoms with van der Waals surface area (Å²) in [4.78, 5) is 100. The molecule has 486 valence electrons. The molecule has 3 atom stereocenters. The number of unbranched alkanes of at least 4 members (excludes halogenated alkanes) is 1. The number of fused-ring (bicyclic) bond motifs is 2. The number of nitrogens with zero attached hydrogens (tertiary/aromatic N) is 4. The van der Waals surface area contributed by atoms with Gasteiger partial charge in [0, 0.05) is 21.5 Å². The molecule has 9 aromatic carbocycles. The fourth-order valence-electron chi connectivity index (χ4n) is 12.5. The van der Waals surface area contributed by atoms with Gasteiger partial charge in [0.25, 0.3) is 77.6 Å². The number of benzene rings is 9. The molecule has 4 heterocycles. The van der Waals surface area contributed by atoms with Crippen LogP contribution in [0.25, 0.3) is 43.1 Å². The number of hydroxylamine groups is 8. The number of aryl methyl sites for hydroxylation is 1. The Bertz CT molecular complexity index is 5090. The van der Waals surface area contributed by atoms with Crippen molar-refractivity contribution in [2.45, 2.75) is 62.5 Å². The van der Waals surface area contributed by atoms with Crippen molar-refractivity contribution in [2.24, 2.45) is 11.8 Å². The lowest BCUT2D eigenvalue weighted by Crippen LogP contribution is -2.44. The number of hydrogen-bond acceptors (Lipinski definition) is 20. The topological polar surface area (TPSA) is 323 Å². The molecule has 6 aliphatic rings. The summed E-state index contributed by atoms with van der Waals surface area (Å²) >= 11 is 0. The summed E-state index contributed by atoms with van der Waals surface area (Å²) in [5.74, 6) is -5.96. The lowest BCUT2D eigenvalue weighted by Gasteiger charge is -2.28. The van der Waals surface area contributed by atoms with Gasteiger partial charge in [0.15, 0.2) is 0 Å². The zero-order valence-electron chi connectivity index (χ0n) is 50.4. The number of hydrogen-bond donors (Lipinski definition) is 0. The Kier molecular flexibility index (Phi) is 17.3. The number of rotatable bonds is 13. The molecule has 2 aliphatic carbocycles. The number of imide groups is 4. The van der Waals surface area contributed by atoms with Gasteiger partial charge in [-0.1, -0.05) is 135 Å². The van der Waals surface area contributed by atoms with Crippen LogP contribution in [0, 0.1) is 18.8 Å². The second kappa shape index (κ2) is 25.2. The summed E-state index contributed by atoms with van der Waals surface area (Å²) in [5.41, 5.74) is 2.85. The molecule has 0 N–H and O–H groups in total. The molecule has 2 fully saturated rings. The first-order chi connectivity index (χ1) is 45.2. The first-order valence-electron chi connectivity index (χ1n) is 29.6. The molecule has 0 spiro atoms. The van der Waals surface area contributed by atoms with Crippen molar-refractivity contribution in [3.8, 4) is 0 Å². The van der Waals surface area contributed by atoms with Crippen LogP contribution < -0.4 is 0 Å². The Morgan fingerprint density at radius 1 is 0.389 bits per heavy atom. The van der Waals surface area contributed by atoms with Crippen molar-refractivity contribution in [1.29, 1.82) is 0 Å². The highest BCUT2D eigenvalue weighted by Crippen LogP contribution is 2.48. The summed E-state index contributed by atoms with van der Waals surface area (Å²) in [5, 5.41) is 5.79. The Morgan fingerprint density at radius 2 is 0.705 bits per heavy atom. The fraction of sp³-hybridized carbons (Fsp3) is 0.194. The standard InChI is InChI=1S/C19H17NO5S.C19H13NO5S.C16H15NO5S.C13H9NO5S/c21-18-14-5-1-3-12-4-2-6-15(17(12)14)19(22)20(18)25-26(23,24)16-10-11-7-8-13(16)9-11;1-12-8-10-14(11-9-12)26(23,24)25-20-18(21)15-6-2-4-13-5-3-7-16(17(13)15)19(20)22;1-2-3-10-23(20,21)22-17-15(18)12-8-4-6-11-7-5-9-13(14(11)12)16(17)19;1-20(17,18)19-14-12(15)9-6-2-4-8-5-3-7-10(11(8)9)13(14)16/h1-6,11,13,16H,7-10H2;2-11H,1H3;4-9H,2-3,10H2,1H3;2-7H,1H3. The maximum atomic E-state index is 12.8. The van der Waals surface area contributed by atoms with E-state index in [-0.39, 0.29) is 66.1 Å². The van der Waals surface area contributed by atoms with Crippen LogP contribution in [0.1, 0.15) is 134 Å². The molecule has 15 rings (SSSR count). The summed E-state index contributed by atoms with van der Waals surface area (Å²) in [6.45, 7) is 3.65. The van der Waals surface area contributed by atoms with Crippen molar-refractivity contribution < 1.29 is 89.2 Å². The molecule has 24 nitrogen and oxygen atoms in total. The van der Waals surface area contributed by atoms with Gasteiger partial charge in [-0.2, -0.15) is 33.7 Å². The Labute approximate surface area is 543 Å². The molecular formula is C67H54N4O20S4. The van der Waals surface area contributed by atoms with Crippen LogP contribution in [-0.2, 0) is 57.6 Å². The summed E-state index contributed by atoms with van der Waals surface area (Å²) in [6, 6.07) is 46.1. The van der Waals surface area contributed by atoms with Gasteiger partial charge in [0.1, 0.15) is 0 Å². The van der Waals surface area contributed by atoms with Crippen LogP contribution in [-0.4, -0.2) is 118 Å². The minimum atomic E-state index is -4.33. The molecule has 28 heteroatoms. The van der Waals surface area contributed by atoms with Crippen molar-refractivity contribution in [2.75, 3.05) is 12.0 Å². The van der Waals surface area contributed by atoms with E-state index < -0.39 is 93.0 Å². The fourth-order valence-corrected chi connectivity index (χ4v) is 16.5. The minimum absolute atomic E-state index is 0.0655. The van der Waals surface area contributed by atoms with E-state index in [9.17, 15) is 72.0 Å². The van der Waals surface area contributed by atoms with E-state index in [2.05, 4.69) is 4.28 Å². The molecule has 4 aliphatic heterocycles. The summed E-state index contributed by atoms with van der Waals surface area (Å²) in [7, 11) is -16.3. The predicted octanol–water partition coefficient (Wildman–Crippen LogP) is 9.77. The first-order valence-corrected chi connectivity index (χ1v) is 35.8. The second-order valence-corrected chi connectivity index (χ2v) is 29.5. The van der Waals surface area contributed by atoms with E-state index in [1.165, 1.54) is 36.4 Å². The maximum Gasteiger partial charge on any atom is 0.318 e. The normalized spacial score (nSPS) is 18.1. The van der Waals surface area contributed by atoms with Gasteiger partial charge in [-0.05, 0) is 127 Å². The van der Waals surface area contributed by atoms with Crippen LogP contribution in [0.3, 0.4) is 0 Å². The van der Waals surface area contributed by atoms with Gasteiger partial charge >= 0.3 is 10.1 Å². The Balaban J connectivity index is 0.000000122. The Hall–Kier alpha value is -9.78. The average Bonchev–Trinajstić information content (AvgIpc) is 1.17. The Morgan fingerprint density at radius 3 is 1.00 bits per heavy atom. The van der Waals surface area contributed by atoms with Gasteiger partial charge in [0.2, 0.25) is 0 Å². The third kappa shape index (κ3) is 12.4. The molecule has 0 saturated heterocycles. The largest absolute Gasteiger partial charge is 0.318 e.